The molecule has 0 amide bonds. The number of nitrogens with two attached hydrogens (primary N) is 1. The molecule has 0 heterocycles. The Balaban J connectivity index is 0.000000261. The van der Waals surface area contributed by atoms with E-state index in [-0.39, 0.29) is 17.1 Å². The summed E-state index contributed by atoms with van der Waals surface area (Å²) in [5, 5.41) is 16.3. The summed E-state index contributed by atoms with van der Waals surface area (Å²) in [5.41, 5.74) is 6.86. The zero-order chi connectivity index (χ0) is 27.1. The third-order valence-electron chi connectivity index (χ3n) is 5.09. The molecule has 0 aliphatic heterocycles. The van der Waals surface area contributed by atoms with Crippen molar-refractivity contribution < 1.29 is 31.2 Å². The van der Waals surface area contributed by atoms with Crippen LogP contribution in [-0.2, 0) is 14.6 Å². The second-order valence-electron chi connectivity index (χ2n) is 8.31. The van der Waals surface area contributed by atoms with Crippen LogP contribution in [0.4, 0.5) is 35.9 Å². The number of benzene rings is 2. The molecule has 4 N–H and O–H groups in total. The normalized spacial score (nSPS) is 13.6. The molecule has 0 atom stereocenters. The fraction of sp³-hybridized carbons (Fsp3) is 0.455. The highest BCUT2D eigenvalue weighted by Gasteiger charge is 2.28. The molecule has 200 valence electrons. The molecule has 1 saturated carbocycles. The Morgan fingerprint density at radius 3 is 2.33 bits per heavy atom. The largest absolute Gasteiger partial charge is 0.522 e. The number of sulfone groups is 1. The molecular weight excluding hydrogens is 569 g/mol. The van der Waals surface area contributed by atoms with Gasteiger partial charge in [-0.05, 0) is 62.9 Å². The second-order valence-corrected chi connectivity index (χ2v) is 11.7. The number of nitrogen functional groups attached to an aromatic ring is 1. The lowest BCUT2D eigenvalue weighted by Crippen LogP contribution is -2.19. The molecule has 0 spiro atoms. The molecule has 3 rings (SSSR count). The quantitative estimate of drug-likeness (QED) is 0.140. The Morgan fingerprint density at radius 1 is 1.17 bits per heavy atom. The summed E-state index contributed by atoms with van der Waals surface area (Å²) >= 11 is 3.22. The van der Waals surface area contributed by atoms with Crippen molar-refractivity contribution in [2.75, 3.05) is 36.1 Å². The first-order chi connectivity index (χ1) is 16.7. The summed E-state index contributed by atoms with van der Waals surface area (Å²) < 4.78 is 63.4. The molecular formula is C22H28BrF3N4O5S. The summed E-state index contributed by atoms with van der Waals surface area (Å²) in [7, 11) is -3.50. The van der Waals surface area contributed by atoms with Crippen LogP contribution >= 0.6 is 15.9 Å². The number of anilines is 3. The van der Waals surface area contributed by atoms with Crippen LogP contribution in [0.1, 0.15) is 26.7 Å². The van der Waals surface area contributed by atoms with E-state index in [1.165, 1.54) is 12.1 Å². The van der Waals surface area contributed by atoms with E-state index in [9.17, 15) is 31.7 Å². The van der Waals surface area contributed by atoms with E-state index in [4.69, 9.17) is 5.73 Å². The molecule has 1 fully saturated rings. The fourth-order valence-corrected chi connectivity index (χ4v) is 4.34. The van der Waals surface area contributed by atoms with Crippen molar-refractivity contribution in [3.8, 4) is 0 Å². The van der Waals surface area contributed by atoms with Crippen molar-refractivity contribution in [2.24, 2.45) is 5.92 Å². The van der Waals surface area contributed by atoms with Crippen molar-refractivity contribution in [1.82, 2.24) is 0 Å². The van der Waals surface area contributed by atoms with Crippen molar-refractivity contribution in [1.29, 1.82) is 0 Å². The number of ether oxygens (including phenoxy) is 1. The van der Waals surface area contributed by atoms with Gasteiger partial charge in [0, 0.05) is 23.6 Å². The molecule has 0 aromatic heterocycles. The zero-order valence-electron chi connectivity index (χ0n) is 19.6. The number of rotatable bonds is 10. The summed E-state index contributed by atoms with van der Waals surface area (Å²) in [6, 6.07) is 9.13. The van der Waals surface area contributed by atoms with Crippen molar-refractivity contribution in [3.05, 3.63) is 51.0 Å². The van der Waals surface area contributed by atoms with Gasteiger partial charge in [0.1, 0.15) is 5.69 Å². The molecule has 36 heavy (non-hydrogen) atoms. The van der Waals surface area contributed by atoms with Gasteiger partial charge in [0.05, 0.1) is 33.1 Å². The number of halogens is 4. The van der Waals surface area contributed by atoms with E-state index in [2.05, 4.69) is 31.3 Å². The summed E-state index contributed by atoms with van der Waals surface area (Å²) in [6.07, 6.45) is -2.31. The van der Waals surface area contributed by atoms with E-state index in [0.29, 0.717) is 29.5 Å². The van der Waals surface area contributed by atoms with Crippen LogP contribution < -0.4 is 16.4 Å². The SMILES string of the molecule is CC(C)S(=O)(=O)c1ccc(NCC2CC2)c([N+](=O)[O-])c1.Nc1cc(Br)ccc1NCCOC(F)(F)F. The minimum Gasteiger partial charge on any atom is -0.397 e. The number of hydrogen-bond acceptors (Lipinski definition) is 8. The minimum absolute atomic E-state index is 0.00354. The number of hydrogen-bond donors (Lipinski definition) is 3. The minimum atomic E-state index is -4.59. The number of nitrogens with one attached hydrogen (secondary N) is 2. The van der Waals surface area contributed by atoms with Gasteiger partial charge in [-0.3, -0.25) is 14.9 Å². The molecule has 2 aromatic rings. The predicted molar refractivity (Wildman–Crippen MR) is 136 cm³/mol. The molecule has 1 aliphatic rings. The van der Waals surface area contributed by atoms with Gasteiger partial charge in [0.15, 0.2) is 9.84 Å². The van der Waals surface area contributed by atoms with Crippen LogP contribution in [0.5, 0.6) is 0 Å². The number of nitrogens with zero attached hydrogens (tertiary/aromatic N) is 1. The first kappa shape index (κ1) is 29.6. The smallest absolute Gasteiger partial charge is 0.397 e. The molecule has 0 radical (unpaired) electrons. The van der Waals surface area contributed by atoms with E-state index < -0.39 is 33.0 Å². The maximum atomic E-state index is 12.1. The Hall–Kier alpha value is -2.58. The monoisotopic (exact) mass is 596 g/mol. The fourth-order valence-electron chi connectivity index (χ4n) is 2.88. The standard InChI is InChI=1S/C13H18N2O4S.C9H10BrF3N2O/c1-9(2)20(18,19)11-5-6-12(13(7-11)15(16)17)14-8-10-3-4-10;10-6-1-2-8(7(14)5-6)15-3-4-16-9(11,12)13/h5-7,9-10,14H,3-4,8H2,1-2H3;1-2,5,15H,3-4,14H2. The van der Waals surface area contributed by atoms with Crippen LogP contribution in [0.15, 0.2) is 45.8 Å². The van der Waals surface area contributed by atoms with Crippen LogP contribution in [0.25, 0.3) is 0 Å². The summed E-state index contributed by atoms with van der Waals surface area (Å²) in [4.78, 5) is 10.6. The van der Waals surface area contributed by atoms with Crippen LogP contribution in [-0.4, -0.2) is 44.6 Å². The molecule has 0 saturated heterocycles. The van der Waals surface area contributed by atoms with Crippen molar-refractivity contribution in [2.45, 2.75) is 43.2 Å². The third kappa shape index (κ3) is 9.47. The Morgan fingerprint density at radius 2 is 1.81 bits per heavy atom. The van der Waals surface area contributed by atoms with Gasteiger partial charge >= 0.3 is 6.36 Å². The number of nitro benzene ring substituents is 1. The van der Waals surface area contributed by atoms with Gasteiger partial charge in [-0.1, -0.05) is 15.9 Å². The average molecular weight is 597 g/mol. The van der Waals surface area contributed by atoms with E-state index >= 15 is 0 Å². The van der Waals surface area contributed by atoms with Crippen LogP contribution in [0.2, 0.25) is 0 Å². The van der Waals surface area contributed by atoms with E-state index in [0.717, 1.165) is 23.4 Å². The average Bonchev–Trinajstić information content (AvgIpc) is 3.60. The molecule has 1 aliphatic carbocycles. The van der Waals surface area contributed by atoms with Gasteiger partial charge in [0.2, 0.25) is 0 Å². The Labute approximate surface area is 215 Å². The van der Waals surface area contributed by atoms with Crippen molar-refractivity contribution in [3.63, 3.8) is 0 Å². The predicted octanol–water partition coefficient (Wildman–Crippen LogP) is 5.58. The van der Waals surface area contributed by atoms with Crippen LogP contribution in [0, 0.1) is 16.0 Å². The summed E-state index contributed by atoms with van der Waals surface area (Å²) in [6.45, 7) is 3.38. The zero-order valence-corrected chi connectivity index (χ0v) is 22.0. The highest BCUT2D eigenvalue weighted by atomic mass is 79.9. The molecule has 2 aromatic carbocycles. The highest BCUT2D eigenvalue weighted by Crippen LogP contribution is 2.33. The van der Waals surface area contributed by atoms with Gasteiger partial charge < -0.3 is 16.4 Å². The topological polar surface area (TPSA) is 137 Å². The van der Waals surface area contributed by atoms with Crippen molar-refractivity contribution >= 4 is 48.5 Å². The number of alkyl halides is 3. The van der Waals surface area contributed by atoms with Gasteiger partial charge in [-0.25, -0.2) is 8.42 Å². The highest BCUT2D eigenvalue weighted by molar-refractivity contribution is 9.10. The first-order valence-electron chi connectivity index (χ1n) is 11.0. The van der Waals surface area contributed by atoms with Gasteiger partial charge in [-0.2, -0.15) is 0 Å². The maximum absolute atomic E-state index is 12.1. The third-order valence-corrected chi connectivity index (χ3v) is 7.74. The number of nitro groups is 1. The lowest BCUT2D eigenvalue weighted by Gasteiger charge is -2.11. The summed E-state index contributed by atoms with van der Waals surface area (Å²) in [5.74, 6) is 0.577. The first-order valence-corrected chi connectivity index (χ1v) is 13.3. The molecule has 0 bridgehead atoms. The van der Waals surface area contributed by atoms with Gasteiger partial charge in [-0.15, -0.1) is 13.2 Å². The van der Waals surface area contributed by atoms with E-state index in [1.807, 2.05) is 0 Å². The second kappa shape index (κ2) is 12.6. The molecule has 14 heteroatoms. The molecule has 9 nitrogen and oxygen atoms in total. The lowest BCUT2D eigenvalue weighted by atomic mass is 10.2. The lowest BCUT2D eigenvalue weighted by molar-refractivity contribution is -0.384. The van der Waals surface area contributed by atoms with Crippen LogP contribution in [0.3, 0.4) is 0 Å². The Bertz CT molecular complexity index is 1160. The van der Waals surface area contributed by atoms with Gasteiger partial charge in [0.25, 0.3) is 5.69 Å². The maximum Gasteiger partial charge on any atom is 0.522 e. The Kier molecular flexibility index (Phi) is 10.4. The molecule has 0 unspecified atom stereocenters. The van der Waals surface area contributed by atoms with E-state index in [1.54, 1.807) is 32.0 Å².